The molecule has 2 aromatic carbocycles. The quantitative estimate of drug-likeness (QED) is 0.326. The maximum absolute atomic E-state index is 6.16. The van der Waals surface area contributed by atoms with Crippen LogP contribution in [0, 0.1) is 0 Å². The summed E-state index contributed by atoms with van der Waals surface area (Å²) in [6.07, 6.45) is 1.79. The molecule has 5 N–H and O–H groups in total. The molecule has 0 radical (unpaired) electrons. The van der Waals surface area contributed by atoms with E-state index in [1.807, 2.05) is 59.5 Å². The predicted molar refractivity (Wildman–Crippen MR) is 115 cm³/mol. The number of benzene rings is 2. The molecule has 0 bridgehead atoms. The van der Waals surface area contributed by atoms with Crippen LogP contribution in [0.25, 0.3) is 11.0 Å². The van der Waals surface area contributed by atoms with E-state index >= 15 is 0 Å². The van der Waals surface area contributed by atoms with Gasteiger partial charge >= 0.3 is 0 Å². The van der Waals surface area contributed by atoms with E-state index < -0.39 is 0 Å². The van der Waals surface area contributed by atoms with E-state index in [-0.39, 0.29) is 0 Å². The zero-order chi connectivity index (χ0) is 20.2. The first-order chi connectivity index (χ1) is 14.2. The van der Waals surface area contributed by atoms with Gasteiger partial charge in [-0.15, -0.1) is 0 Å². The maximum atomic E-state index is 6.16. The molecule has 4 rings (SSSR count). The largest absolute Gasteiger partial charge is 0.491 e. The molecule has 0 atom stereocenters. The third-order valence-electron chi connectivity index (χ3n) is 4.41. The van der Waals surface area contributed by atoms with Gasteiger partial charge in [0.15, 0.2) is 0 Å². The molecule has 4 aromatic rings. The SMILES string of the molecule is COCCOc1ccc(N(c2cccc(N)c2)c2nc(N)c3cc[nH]c3n2)cc1. The van der Waals surface area contributed by atoms with Gasteiger partial charge in [0.1, 0.15) is 23.8 Å². The second kappa shape index (κ2) is 8.07. The minimum atomic E-state index is 0.402. The van der Waals surface area contributed by atoms with E-state index in [0.29, 0.717) is 36.3 Å². The van der Waals surface area contributed by atoms with Crippen LogP contribution in [-0.2, 0) is 4.74 Å². The third kappa shape index (κ3) is 3.92. The van der Waals surface area contributed by atoms with Crippen molar-refractivity contribution in [1.29, 1.82) is 0 Å². The predicted octanol–water partition coefficient (Wildman–Crippen LogP) is 3.62. The van der Waals surface area contributed by atoms with Gasteiger partial charge in [0.05, 0.1) is 17.7 Å². The Morgan fingerprint density at radius 3 is 2.55 bits per heavy atom. The molecule has 8 nitrogen and oxygen atoms in total. The molecule has 0 aliphatic heterocycles. The van der Waals surface area contributed by atoms with Crippen molar-refractivity contribution in [2.45, 2.75) is 0 Å². The highest BCUT2D eigenvalue weighted by molar-refractivity contribution is 5.88. The lowest BCUT2D eigenvalue weighted by molar-refractivity contribution is 0.146. The van der Waals surface area contributed by atoms with Gasteiger partial charge in [-0.2, -0.15) is 9.97 Å². The van der Waals surface area contributed by atoms with Crippen molar-refractivity contribution in [3.8, 4) is 5.75 Å². The Morgan fingerprint density at radius 2 is 1.79 bits per heavy atom. The van der Waals surface area contributed by atoms with Crippen LogP contribution in [0.4, 0.5) is 28.8 Å². The van der Waals surface area contributed by atoms with E-state index in [0.717, 1.165) is 22.5 Å². The lowest BCUT2D eigenvalue weighted by Gasteiger charge is -2.24. The summed E-state index contributed by atoms with van der Waals surface area (Å²) in [5, 5.41) is 0.781. The Kier molecular flexibility index (Phi) is 5.17. The minimum Gasteiger partial charge on any atom is -0.491 e. The van der Waals surface area contributed by atoms with Gasteiger partial charge in [-0.25, -0.2) is 0 Å². The number of nitrogen functional groups attached to an aromatic ring is 2. The first-order valence-corrected chi connectivity index (χ1v) is 9.14. The van der Waals surface area contributed by atoms with E-state index in [1.165, 1.54) is 0 Å². The lowest BCUT2D eigenvalue weighted by Crippen LogP contribution is -2.14. The Labute approximate surface area is 168 Å². The van der Waals surface area contributed by atoms with Crippen LogP contribution in [0.5, 0.6) is 5.75 Å². The number of hydrogen-bond acceptors (Lipinski definition) is 7. The normalized spacial score (nSPS) is 10.9. The average molecular weight is 390 g/mol. The smallest absolute Gasteiger partial charge is 0.238 e. The Balaban J connectivity index is 1.76. The molecular weight excluding hydrogens is 368 g/mol. The van der Waals surface area contributed by atoms with Gasteiger partial charge in [-0.1, -0.05) is 6.07 Å². The summed E-state index contributed by atoms with van der Waals surface area (Å²) in [6.45, 7) is 1.01. The van der Waals surface area contributed by atoms with Gasteiger partial charge in [0.25, 0.3) is 0 Å². The average Bonchev–Trinajstić information content (AvgIpc) is 3.19. The molecule has 0 fully saturated rings. The fraction of sp³-hybridized carbons (Fsp3) is 0.143. The monoisotopic (exact) mass is 390 g/mol. The van der Waals surface area contributed by atoms with Crippen molar-refractivity contribution in [3.63, 3.8) is 0 Å². The molecular formula is C21H22N6O2. The summed E-state index contributed by atoms with van der Waals surface area (Å²) in [5.41, 5.74) is 15.2. The summed E-state index contributed by atoms with van der Waals surface area (Å²) in [7, 11) is 1.64. The van der Waals surface area contributed by atoms with Crippen LogP contribution >= 0.6 is 0 Å². The summed E-state index contributed by atoms with van der Waals surface area (Å²) in [5.74, 6) is 1.59. The first-order valence-electron chi connectivity index (χ1n) is 9.14. The van der Waals surface area contributed by atoms with Crippen LogP contribution in [0.3, 0.4) is 0 Å². The molecule has 0 unspecified atom stereocenters. The van der Waals surface area contributed by atoms with Crippen molar-refractivity contribution in [2.75, 3.05) is 36.7 Å². The van der Waals surface area contributed by atoms with Gasteiger partial charge in [-0.05, 0) is 48.5 Å². The lowest BCUT2D eigenvalue weighted by atomic mass is 10.2. The highest BCUT2D eigenvalue weighted by Crippen LogP contribution is 2.35. The Hall–Kier alpha value is -3.78. The second-order valence-electron chi connectivity index (χ2n) is 6.41. The third-order valence-corrected chi connectivity index (χ3v) is 4.41. The number of fused-ring (bicyclic) bond motifs is 1. The summed E-state index contributed by atoms with van der Waals surface area (Å²) >= 11 is 0. The van der Waals surface area contributed by atoms with Crippen LogP contribution in [0.2, 0.25) is 0 Å². The highest BCUT2D eigenvalue weighted by Gasteiger charge is 2.18. The molecule has 29 heavy (non-hydrogen) atoms. The van der Waals surface area contributed by atoms with Crippen molar-refractivity contribution in [3.05, 3.63) is 60.8 Å². The number of nitrogens with zero attached hydrogens (tertiary/aromatic N) is 3. The molecule has 0 saturated heterocycles. The maximum Gasteiger partial charge on any atom is 0.238 e. The summed E-state index contributed by atoms with van der Waals surface area (Å²) in [4.78, 5) is 14.2. The number of H-pyrrole nitrogens is 1. The number of aromatic amines is 1. The zero-order valence-corrected chi connectivity index (χ0v) is 16.0. The van der Waals surface area contributed by atoms with Crippen molar-refractivity contribution >= 4 is 39.9 Å². The highest BCUT2D eigenvalue weighted by atomic mass is 16.5. The van der Waals surface area contributed by atoms with E-state index in [9.17, 15) is 0 Å². The molecule has 0 aliphatic rings. The molecule has 8 heteroatoms. The van der Waals surface area contributed by atoms with Gasteiger partial charge < -0.3 is 25.9 Å². The standard InChI is InChI=1S/C21H22N6O2/c1-28-11-12-29-17-7-5-15(6-8-17)27(16-4-2-3-14(22)13-16)21-25-19(23)18-9-10-24-20(18)26-21/h2-10,13H,11-12,22H2,1H3,(H3,23,24,25,26). The second-order valence-corrected chi connectivity index (χ2v) is 6.41. The van der Waals surface area contributed by atoms with E-state index in [2.05, 4.69) is 15.0 Å². The van der Waals surface area contributed by atoms with Crippen LogP contribution in [-0.4, -0.2) is 35.3 Å². The van der Waals surface area contributed by atoms with E-state index in [4.69, 9.17) is 20.9 Å². The number of anilines is 5. The van der Waals surface area contributed by atoms with Crippen molar-refractivity contribution < 1.29 is 9.47 Å². The summed E-state index contributed by atoms with van der Waals surface area (Å²) < 4.78 is 10.7. The number of rotatable bonds is 7. The molecule has 0 aliphatic carbocycles. The number of hydrogen-bond donors (Lipinski definition) is 3. The van der Waals surface area contributed by atoms with Crippen LogP contribution < -0.4 is 21.1 Å². The number of ether oxygens (including phenoxy) is 2. The Morgan fingerprint density at radius 1 is 0.966 bits per heavy atom. The van der Waals surface area contributed by atoms with E-state index in [1.54, 1.807) is 13.3 Å². The first kappa shape index (κ1) is 18.6. The fourth-order valence-corrected chi connectivity index (χ4v) is 3.03. The molecule has 0 amide bonds. The fourth-order valence-electron chi connectivity index (χ4n) is 3.03. The van der Waals surface area contributed by atoms with Crippen LogP contribution in [0.1, 0.15) is 0 Å². The summed E-state index contributed by atoms with van der Waals surface area (Å²) in [6, 6.07) is 17.0. The zero-order valence-electron chi connectivity index (χ0n) is 16.0. The minimum absolute atomic E-state index is 0.402. The van der Waals surface area contributed by atoms with Gasteiger partial charge in [0.2, 0.25) is 5.95 Å². The van der Waals surface area contributed by atoms with Crippen molar-refractivity contribution in [1.82, 2.24) is 15.0 Å². The molecule has 0 spiro atoms. The number of methoxy groups -OCH3 is 1. The van der Waals surface area contributed by atoms with Gasteiger partial charge in [-0.3, -0.25) is 4.90 Å². The molecule has 2 heterocycles. The molecule has 0 saturated carbocycles. The number of aromatic nitrogens is 3. The number of nitrogens with two attached hydrogens (primary N) is 2. The molecule has 2 aromatic heterocycles. The molecule has 148 valence electrons. The van der Waals surface area contributed by atoms with Crippen molar-refractivity contribution in [2.24, 2.45) is 0 Å². The number of nitrogens with one attached hydrogen (secondary N) is 1. The van der Waals surface area contributed by atoms with Gasteiger partial charge in [0, 0.05) is 24.7 Å². The topological polar surface area (TPSA) is 115 Å². The van der Waals surface area contributed by atoms with Crippen LogP contribution in [0.15, 0.2) is 60.8 Å². The Bertz CT molecular complexity index is 1110.